The zero-order chi connectivity index (χ0) is 27.9. The Kier molecular flexibility index (Phi) is 9.99. The number of unbranched alkanes of at least 4 members (excludes halogenated alkanes) is 1. The molecule has 2 saturated heterocycles. The quantitative estimate of drug-likeness (QED) is 0.335. The first-order valence-electron chi connectivity index (χ1n) is 14.8. The van der Waals surface area contributed by atoms with Crippen LogP contribution in [0.1, 0.15) is 73.4 Å². The average Bonchev–Trinajstić information content (AvgIpc) is 3.45. The number of likely N-dealkylation sites (tertiary alicyclic amines) is 1. The molecule has 4 heterocycles. The molecule has 2 aromatic rings. The van der Waals surface area contributed by atoms with Gasteiger partial charge in [0.05, 0.1) is 12.7 Å². The van der Waals surface area contributed by atoms with Crippen molar-refractivity contribution in [2.24, 2.45) is 5.92 Å². The first-order chi connectivity index (χ1) is 19.5. The van der Waals surface area contributed by atoms with Crippen LogP contribution in [0.4, 0.5) is 14.6 Å². The molecule has 0 saturated carbocycles. The van der Waals surface area contributed by atoms with Crippen LogP contribution < -0.4 is 5.32 Å². The molecule has 2 fully saturated rings. The Morgan fingerprint density at radius 2 is 2.05 bits per heavy atom. The van der Waals surface area contributed by atoms with E-state index < -0.39 is 24.0 Å². The molecule has 1 aromatic heterocycles. The van der Waals surface area contributed by atoms with Gasteiger partial charge in [0.25, 0.3) is 0 Å². The fraction of sp³-hybridized carbons (Fsp3) is 0.613. The lowest BCUT2D eigenvalue weighted by atomic mass is 9.96. The Morgan fingerprint density at radius 3 is 2.88 bits per heavy atom. The second kappa shape index (κ2) is 13.8. The molecule has 0 radical (unpaired) electrons. The summed E-state index contributed by atoms with van der Waals surface area (Å²) < 4.78 is 41.0. The molecule has 3 aliphatic heterocycles. The molecule has 40 heavy (non-hydrogen) atoms. The van der Waals surface area contributed by atoms with Crippen LogP contribution in [0.15, 0.2) is 30.3 Å². The zero-order valence-electron chi connectivity index (χ0n) is 23.1. The lowest BCUT2D eigenvalue weighted by molar-refractivity contribution is -0.143. The highest BCUT2D eigenvalue weighted by atomic mass is 19.1. The standard InChI is InChI=1S/C31H41F2N3O4/c32-24-9-7-23(20-40-26-12-16-39-17-13-26)27(18-24)29(31(37)38)36-15-11-22(19-36)28(33)6-2-1-5-25-10-8-21-4-3-14-34-30(21)35-25/h7-10,18,22,26,28-29H,1-6,11-17,19-20H2,(H,34,35)(H,37,38)/t22-,28+,29-/m1/s1. The summed E-state index contributed by atoms with van der Waals surface area (Å²) in [7, 11) is 0. The molecule has 0 spiro atoms. The number of anilines is 1. The van der Waals surface area contributed by atoms with Crippen molar-refractivity contribution in [2.45, 2.75) is 82.7 Å². The first kappa shape index (κ1) is 28.9. The first-order valence-corrected chi connectivity index (χ1v) is 14.8. The van der Waals surface area contributed by atoms with E-state index in [1.54, 1.807) is 11.0 Å². The van der Waals surface area contributed by atoms with Crippen molar-refractivity contribution in [3.05, 3.63) is 58.5 Å². The predicted octanol–water partition coefficient (Wildman–Crippen LogP) is 5.47. The van der Waals surface area contributed by atoms with Crippen molar-refractivity contribution >= 4 is 11.8 Å². The van der Waals surface area contributed by atoms with Gasteiger partial charge in [-0.1, -0.05) is 18.6 Å². The summed E-state index contributed by atoms with van der Waals surface area (Å²) in [5.41, 5.74) is 3.35. The second-order valence-corrected chi connectivity index (χ2v) is 11.4. The smallest absolute Gasteiger partial charge is 0.325 e. The number of rotatable bonds is 12. The Balaban J connectivity index is 1.14. The number of benzene rings is 1. The Bertz CT molecular complexity index is 1140. The summed E-state index contributed by atoms with van der Waals surface area (Å²) >= 11 is 0. The average molecular weight is 558 g/mol. The number of aromatic nitrogens is 1. The van der Waals surface area contributed by atoms with E-state index >= 15 is 4.39 Å². The summed E-state index contributed by atoms with van der Waals surface area (Å²) in [4.78, 5) is 19.0. The highest BCUT2D eigenvalue weighted by Crippen LogP contribution is 2.34. The van der Waals surface area contributed by atoms with Gasteiger partial charge in [-0.25, -0.2) is 13.8 Å². The molecule has 3 aliphatic rings. The monoisotopic (exact) mass is 557 g/mol. The lowest BCUT2D eigenvalue weighted by Crippen LogP contribution is -2.34. The molecule has 9 heteroatoms. The highest BCUT2D eigenvalue weighted by molar-refractivity contribution is 5.76. The summed E-state index contributed by atoms with van der Waals surface area (Å²) in [5, 5.41) is 13.5. The Labute approximate surface area is 235 Å². The maximum Gasteiger partial charge on any atom is 0.325 e. The molecule has 0 unspecified atom stereocenters. The number of nitrogens with one attached hydrogen (secondary N) is 1. The van der Waals surface area contributed by atoms with E-state index in [9.17, 15) is 14.3 Å². The van der Waals surface area contributed by atoms with E-state index in [1.807, 2.05) is 0 Å². The van der Waals surface area contributed by atoms with E-state index in [-0.39, 0.29) is 18.6 Å². The number of alkyl halides is 1. The fourth-order valence-corrected chi connectivity index (χ4v) is 6.22. The van der Waals surface area contributed by atoms with Crippen LogP contribution in [0.25, 0.3) is 0 Å². The van der Waals surface area contributed by atoms with Crippen LogP contribution in [0.3, 0.4) is 0 Å². The van der Waals surface area contributed by atoms with Crippen LogP contribution in [0.2, 0.25) is 0 Å². The Morgan fingerprint density at radius 1 is 1.20 bits per heavy atom. The third-order valence-corrected chi connectivity index (χ3v) is 8.53. The van der Waals surface area contributed by atoms with Gasteiger partial charge in [0.2, 0.25) is 0 Å². The SMILES string of the molecule is O=C(O)[C@@H](c1cc(F)ccc1COC1CCOCC1)N1CC[C@@H]([C@@H](F)CCCCc2ccc3c(n2)NCCC3)C1. The molecular weight excluding hydrogens is 516 g/mol. The highest BCUT2D eigenvalue weighted by Gasteiger charge is 2.37. The van der Waals surface area contributed by atoms with Crippen molar-refractivity contribution in [3.8, 4) is 0 Å². The number of nitrogens with zero attached hydrogens (tertiary/aromatic N) is 2. The fourth-order valence-electron chi connectivity index (χ4n) is 6.22. The van der Waals surface area contributed by atoms with Crippen molar-refractivity contribution in [1.29, 1.82) is 0 Å². The maximum atomic E-state index is 15.3. The van der Waals surface area contributed by atoms with E-state index in [0.717, 1.165) is 63.0 Å². The number of carboxylic acid groups (broad SMARTS) is 1. The molecule has 0 bridgehead atoms. The van der Waals surface area contributed by atoms with Crippen LogP contribution in [0, 0.1) is 11.7 Å². The van der Waals surface area contributed by atoms with Gasteiger partial charge in [-0.2, -0.15) is 0 Å². The number of pyridine rings is 1. The van der Waals surface area contributed by atoms with Gasteiger partial charge in [0, 0.05) is 37.9 Å². The number of hydrogen-bond donors (Lipinski definition) is 2. The van der Waals surface area contributed by atoms with Crippen molar-refractivity contribution in [2.75, 3.05) is 38.2 Å². The van der Waals surface area contributed by atoms with Gasteiger partial charge >= 0.3 is 5.97 Å². The second-order valence-electron chi connectivity index (χ2n) is 11.4. The minimum absolute atomic E-state index is 0.0399. The predicted molar refractivity (Wildman–Crippen MR) is 149 cm³/mol. The van der Waals surface area contributed by atoms with Gasteiger partial charge in [0.1, 0.15) is 23.8 Å². The van der Waals surface area contributed by atoms with Crippen molar-refractivity contribution < 1.29 is 28.2 Å². The number of aryl methyl sites for hydroxylation is 2. The van der Waals surface area contributed by atoms with Gasteiger partial charge in [-0.05, 0) is 92.8 Å². The van der Waals surface area contributed by atoms with Gasteiger partial charge in [-0.15, -0.1) is 0 Å². The molecule has 5 rings (SSSR count). The summed E-state index contributed by atoms with van der Waals surface area (Å²) in [6, 6.07) is 7.44. The number of aliphatic carboxylic acids is 1. The number of ether oxygens (including phenoxy) is 2. The van der Waals surface area contributed by atoms with E-state index in [1.165, 1.54) is 17.7 Å². The van der Waals surface area contributed by atoms with Crippen LogP contribution in [0.5, 0.6) is 0 Å². The number of carboxylic acids is 1. The minimum Gasteiger partial charge on any atom is -0.480 e. The lowest BCUT2D eigenvalue weighted by Gasteiger charge is -2.28. The van der Waals surface area contributed by atoms with Crippen LogP contribution >= 0.6 is 0 Å². The van der Waals surface area contributed by atoms with Crippen LogP contribution in [-0.2, 0) is 33.7 Å². The summed E-state index contributed by atoms with van der Waals surface area (Å²) in [6.45, 7) is 3.25. The summed E-state index contributed by atoms with van der Waals surface area (Å²) in [6.07, 6.45) is 6.27. The number of fused-ring (bicyclic) bond motifs is 1. The maximum absolute atomic E-state index is 15.3. The Hall–Kier alpha value is -2.62. The van der Waals surface area contributed by atoms with E-state index in [0.29, 0.717) is 50.3 Å². The van der Waals surface area contributed by atoms with E-state index in [4.69, 9.17) is 14.5 Å². The summed E-state index contributed by atoms with van der Waals surface area (Å²) in [5.74, 6) is -0.786. The molecular formula is C31H41F2N3O4. The molecule has 2 N–H and O–H groups in total. The van der Waals surface area contributed by atoms with Gasteiger partial charge < -0.3 is 19.9 Å². The largest absolute Gasteiger partial charge is 0.480 e. The number of halogens is 2. The normalized spacial score (nSPS) is 21.5. The zero-order valence-corrected chi connectivity index (χ0v) is 23.1. The van der Waals surface area contributed by atoms with Crippen molar-refractivity contribution in [3.63, 3.8) is 0 Å². The molecule has 1 aromatic carbocycles. The molecule has 3 atom stereocenters. The van der Waals surface area contributed by atoms with Crippen molar-refractivity contribution in [1.82, 2.24) is 9.88 Å². The number of carbonyl (C=O) groups is 1. The molecule has 7 nitrogen and oxygen atoms in total. The topological polar surface area (TPSA) is 83.9 Å². The molecule has 0 amide bonds. The van der Waals surface area contributed by atoms with Gasteiger partial charge in [0.15, 0.2) is 0 Å². The molecule has 218 valence electrons. The molecule has 0 aliphatic carbocycles. The van der Waals surface area contributed by atoms with E-state index in [2.05, 4.69) is 17.4 Å². The van der Waals surface area contributed by atoms with Gasteiger partial charge in [-0.3, -0.25) is 9.69 Å². The third-order valence-electron chi connectivity index (χ3n) is 8.53. The van der Waals surface area contributed by atoms with Crippen LogP contribution in [-0.4, -0.2) is 66.1 Å². The minimum atomic E-state index is -1.05. The number of hydrogen-bond acceptors (Lipinski definition) is 6. The third kappa shape index (κ3) is 7.36.